The van der Waals surface area contributed by atoms with E-state index < -0.39 is 5.97 Å². The van der Waals surface area contributed by atoms with Crippen molar-refractivity contribution in [3.8, 4) is 11.6 Å². The standard InChI is InChI=1S/C19H16N4O3/c1-10(24)11-6-4-8-13-15(11)20-17(22(13)2)18-21-16-12(19(25)26)7-5-9-14(16)23(18)3/h4-9,24H,1H2,2-3H3,(H,25,26). The summed E-state index contributed by atoms with van der Waals surface area (Å²) in [6, 6.07) is 10.5. The summed E-state index contributed by atoms with van der Waals surface area (Å²) in [5.74, 6) is 0.0353. The Morgan fingerprint density at radius 3 is 1.81 bits per heavy atom. The molecule has 7 heteroatoms. The van der Waals surface area contributed by atoms with Gasteiger partial charge in [0.15, 0.2) is 11.6 Å². The Morgan fingerprint density at radius 2 is 1.35 bits per heavy atom. The summed E-state index contributed by atoms with van der Waals surface area (Å²) >= 11 is 0. The molecule has 2 aromatic carbocycles. The minimum absolute atomic E-state index is 0.0570. The molecule has 4 rings (SSSR count). The molecule has 0 atom stereocenters. The Bertz CT molecular complexity index is 1120. The molecule has 2 N–H and O–H groups in total. The van der Waals surface area contributed by atoms with Crippen LogP contribution in [0.15, 0.2) is 43.0 Å². The number of hydrogen-bond donors (Lipinski definition) is 2. The van der Waals surface area contributed by atoms with Gasteiger partial charge in [0.05, 0.1) is 16.6 Å². The molecule has 0 spiro atoms. The van der Waals surface area contributed by atoms with E-state index in [1.807, 2.05) is 41.4 Å². The minimum Gasteiger partial charge on any atom is -0.508 e. The second kappa shape index (κ2) is 5.45. The number of hydrogen-bond acceptors (Lipinski definition) is 4. The van der Waals surface area contributed by atoms with E-state index in [9.17, 15) is 15.0 Å². The van der Waals surface area contributed by atoms with Crippen LogP contribution in [0.25, 0.3) is 39.5 Å². The molecule has 2 heterocycles. The number of para-hydroxylation sites is 2. The zero-order valence-electron chi connectivity index (χ0n) is 14.3. The number of aromatic carboxylic acids is 1. The smallest absolute Gasteiger partial charge is 0.337 e. The summed E-state index contributed by atoms with van der Waals surface area (Å²) in [6.07, 6.45) is 0. The van der Waals surface area contributed by atoms with Crippen molar-refractivity contribution in [1.29, 1.82) is 0 Å². The molecule has 0 aliphatic heterocycles. The van der Waals surface area contributed by atoms with Crippen molar-refractivity contribution in [2.24, 2.45) is 14.1 Å². The molecule has 0 unspecified atom stereocenters. The predicted molar refractivity (Wildman–Crippen MR) is 99.0 cm³/mol. The minimum atomic E-state index is -1.02. The molecule has 130 valence electrons. The zero-order valence-corrected chi connectivity index (χ0v) is 14.3. The van der Waals surface area contributed by atoms with Gasteiger partial charge >= 0.3 is 5.97 Å². The highest BCUT2D eigenvalue weighted by atomic mass is 16.4. The summed E-state index contributed by atoms with van der Waals surface area (Å²) in [4.78, 5) is 20.7. The number of aromatic nitrogens is 4. The van der Waals surface area contributed by atoms with Gasteiger partial charge in [-0.15, -0.1) is 0 Å². The van der Waals surface area contributed by atoms with Crippen LogP contribution in [0, 0.1) is 0 Å². The SMILES string of the molecule is C=C(O)c1cccc2c1nc(-c1nc3c(C(=O)O)cccc3n1C)n2C. The van der Waals surface area contributed by atoms with Gasteiger partial charge in [-0.25, -0.2) is 14.8 Å². The maximum Gasteiger partial charge on any atom is 0.337 e. The van der Waals surface area contributed by atoms with Gasteiger partial charge in [0, 0.05) is 19.7 Å². The van der Waals surface area contributed by atoms with E-state index in [-0.39, 0.29) is 11.3 Å². The highest BCUT2D eigenvalue weighted by Gasteiger charge is 2.21. The summed E-state index contributed by atoms with van der Waals surface area (Å²) in [6.45, 7) is 3.59. The summed E-state index contributed by atoms with van der Waals surface area (Å²) in [7, 11) is 3.67. The van der Waals surface area contributed by atoms with Crippen LogP contribution in [0.1, 0.15) is 15.9 Å². The third-order valence-electron chi connectivity index (χ3n) is 4.56. The molecule has 0 saturated carbocycles. The van der Waals surface area contributed by atoms with Gasteiger partial charge in [0.25, 0.3) is 0 Å². The first kappa shape index (κ1) is 15.9. The van der Waals surface area contributed by atoms with Crippen molar-refractivity contribution < 1.29 is 15.0 Å². The van der Waals surface area contributed by atoms with Crippen LogP contribution in [0.5, 0.6) is 0 Å². The Morgan fingerprint density at radius 1 is 0.885 bits per heavy atom. The molecule has 0 amide bonds. The number of carboxylic acids is 1. The van der Waals surface area contributed by atoms with E-state index in [0.717, 1.165) is 5.52 Å². The number of aliphatic hydroxyl groups is 1. The number of nitrogens with zero attached hydrogens (tertiary/aromatic N) is 4. The van der Waals surface area contributed by atoms with Crippen molar-refractivity contribution in [3.05, 3.63) is 54.1 Å². The van der Waals surface area contributed by atoms with E-state index in [1.165, 1.54) is 6.07 Å². The van der Waals surface area contributed by atoms with Gasteiger partial charge in [-0.1, -0.05) is 18.7 Å². The largest absolute Gasteiger partial charge is 0.508 e. The number of aliphatic hydroxyl groups excluding tert-OH is 1. The molecular formula is C19H16N4O3. The molecule has 0 aliphatic rings. The fraction of sp³-hybridized carbons (Fsp3) is 0.105. The number of imidazole rings is 2. The number of benzene rings is 2. The average molecular weight is 348 g/mol. The van der Waals surface area contributed by atoms with Crippen molar-refractivity contribution in [1.82, 2.24) is 19.1 Å². The monoisotopic (exact) mass is 348 g/mol. The quantitative estimate of drug-likeness (QED) is 0.554. The highest BCUT2D eigenvalue weighted by molar-refractivity contribution is 6.02. The van der Waals surface area contributed by atoms with E-state index in [1.54, 1.807) is 12.1 Å². The van der Waals surface area contributed by atoms with Gasteiger partial charge in [0.1, 0.15) is 16.8 Å². The fourth-order valence-electron chi connectivity index (χ4n) is 3.23. The number of fused-ring (bicyclic) bond motifs is 2. The predicted octanol–water partition coefficient (Wildman–Crippen LogP) is 3.35. The van der Waals surface area contributed by atoms with Crippen LogP contribution in [-0.2, 0) is 14.1 Å². The van der Waals surface area contributed by atoms with E-state index >= 15 is 0 Å². The van der Waals surface area contributed by atoms with Crippen molar-refractivity contribution in [2.45, 2.75) is 0 Å². The third-order valence-corrected chi connectivity index (χ3v) is 4.56. The molecule has 4 aromatic rings. The first-order valence-electron chi connectivity index (χ1n) is 7.93. The summed E-state index contributed by atoms with van der Waals surface area (Å²) in [5, 5.41) is 19.2. The molecule has 0 fully saturated rings. The maximum absolute atomic E-state index is 11.5. The Hall–Kier alpha value is -3.61. The molecule has 0 aliphatic carbocycles. The topological polar surface area (TPSA) is 93.2 Å². The number of rotatable bonds is 3. The lowest BCUT2D eigenvalue weighted by Crippen LogP contribution is -1.99. The number of carbonyl (C=O) groups is 1. The Kier molecular flexibility index (Phi) is 3.33. The summed E-state index contributed by atoms with van der Waals surface area (Å²) < 4.78 is 3.68. The lowest BCUT2D eigenvalue weighted by molar-refractivity contribution is 0.0699. The average Bonchev–Trinajstić information content (AvgIpc) is 3.12. The van der Waals surface area contributed by atoms with Crippen molar-refractivity contribution in [2.75, 3.05) is 0 Å². The van der Waals surface area contributed by atoms with Crippen LogP contribution in [-0.4, -0.2) is 35.3 Å². The van der Waals surface area contributed by atoms with Gasteiger partial charge < -0.3 is 19.3 Å². The molecule has 26 heavy (non-hydrogen) atoms. The second-order valence-electron chi connectivity index (χ2n) is 6.09. The van der Waals surface area contributed by atoms with E-state index in [4.69, 9.17) is 0 Å². The van der Waals surface area contributed by atoms with Crippen LogP contribution in [0.4, 0.5) is 0 Å². The van der Waals surface area contributed by atoms with Crippen molar-refractivity contribution >= 4 is 33.8 Å². The molecule has 0 radical (unpaired) electrons. The van der Waals surface area contributed by atoms with Crippen LogP contribution in [0.3, 0.4) is 0 Å². The maximum atomic E-state index is 11.5. The summed E-state index contributed by atoms with van der Waals surface area (Å²) in [5.41, 5.74) is 3.25. The van der Waals surface area contributed by atoms with Gasteiger partial charge in [0.2, 0.25) is 0 Å². The van der Waals surface area contributed by atoms with Crippen LogP contribution < -0.4 is 0 Å². The van der Waals surface area contributed by atoms with Crippen molar-refractivity contribution in [3.63, 3.8) is 0 Å². The zero-order chi connectivity index (χ0) is 18.6. The lowest BCUT2D eigenvalue weighted by Gasteiger charge is -2.03. The van der Waals surface area contributed by atoms with Gasteiger partial charge in [-0.05, 0) is 24.3 Å². The molecule has 7 nitrogen and oxygen atoms in total. The molecule has 0 bridgehead atoms. The number of aryl methyl sites for hydroxylation is 2. The normalized spacial score (nSPS) is 11.3. The fourth-order valence-corrected chi connectivity index (χ4v) is 3.23. The second-order valence-corrected chi connectivity index (χ2v) is 6.09. The molecular weight excluding hydrogens is 332 g/mol. The van der Waals surface area contributed by atoms with Gasteiger partial charge in [-0.3, -0.25) is 0 Å². The first-order chi connectivity index (χ1) is 12.4. The Labute approximate surface area is 148 Å². The third kappa shape index (κ3) is 2.10. The lowest BCUT2D eigenvalue weighted by atomic mass is 10.1. The highest BCUT2D eigenvalue weighted by Crippen LogP contribution is 2.30. The Balaban J connectivity index is 2.05. The van der Waals surface area contributed by atoms with E-state index in [2.05, 4.69) is 16.5 Å². The van der Waals surface area contributed by atoms with E-state index in [0.29, 0.717) is 33.8 Å². The first-order valence-corrected chi connectivity index (χ1v) is 7.93. The number of carboxylic acid groups (broad SMARTS) is 1. The molecule has 0 saturated heterocycles. The molecule has 2 aromatic heterocycles. The van der Waals surface area contributed by atoms with Crippen LogP contribution >= 0.6 is 0 Å². The van der Waals surface area contributed by atoms with Crippen LogP contribution in [0.2, 0.25) is 0 Å². The van der Waals surface area contributed by atoms with Gasteiger partial charge in [-0.2, -0.15) is 0 Å².